The van der Waals surface area contributed by atoms with Gasteiger partial charge in [0.05, 0.1) is 11.2 Å². The molecule has 3 nitrogen and oxygen atoms in total. The molecule has 1 N–H and O–H groups in total. The summed E-state index contributed by atoms with van der Waals surface area (Å²) in [4.78, 5) is 7.42. The maximum absolute atomic E-state index is 13.4. The van der Waals surface area contributed by atoms with Gasteiger partial charge in [-0.25, -0.2) is 9.37 Å². The van der Waals surface area contributed by atoms with Gasteiger partial charge in [0.15, 0.2) is 10.4 Å². The standard InChI is InChI=1S/C13H9BrFN3S/c1-7-2-3-9(15)5-11(7)18-12-10(17-13(18)19)4-8(14)6-16-12/h2-6H,1H3,(H,17,19). The first kappa shape index (κ1) is 12.5. The fourth-order valence-electron chi connectivity index (χ4n) is 2.02. The molecule has 0 fully saturated rings. The molecule has 3 rings (SSSR count). The number of aromatic nitrogens is 3. The Labute approximate surface area is 122 Å². The second-order valence-electron chi connectivity index (χ2n) is 4.22. The van der Waals surface area contributed by atoms with E-state index in [0.717, 1.165) is 15.6 Å². The highest BCUT2D eigenvalue weighted by Crippen LogP contribution is 2.23. The Kier molecular flexibility index (Phi) is 2.99. The summed E-state index contributed by atoms with van der Waals surface area (Å²) in [5, 5.41) is 0. The molecule has 3 aromatic rings. The van der Waals surface area contributed by atoms with Gasteiger partial charge >= 0.3 is 0 Å². The lowest BCUT2D eigenvalue weighted by molar-refractivity contribution is 0.626. The quantitative estimate of drug-likeness (QED) is 0.672. The highest BCUT2D eigenvalue weighted by Gasteiger charge is 2.11. The lowest BCUT2D eigenvalue weighted by atomic mass is 10.2. The number of imidazole rings is 1. The number of benzene rings is 1. The van der Waals surface area contributed by atoms with Crippen LogP contribution in [0.4, 0.5) is 4.39 Å². The summed E-state index contributed by atoms with van der Waals surface area (Å²) >= 11 is 8.67. The van der Waals surface area contributed by atoms with Crippen molar-refractivity contribution in [3.63, 3.8) is 0 Å². The third-order valence-electron chi connectivity index (χ3n) is 2.90. The summed E-state index contributed by atoms with van der Waals surface area (Å²) in [6.45, 7) is 1.91. The van der Waals surface area contributed by atoms with Crippen molar-refractivity contribution in [1.29, 1.82) is 0 Å². The van der Waals surface area contributed by atoms with Crippen LogP contribution in [0.5, 0.6) is 0 Å². The molecule has 2 heterocycles. The predicted octanol–water partition coefficient (Wildman–Crippen LogP) is 4.29. The zero-order chi connectivity index (χ0) is 13.6. The molecule has 0 saturated heterocycles. The summed E-state index contributed by atoms with van der Waals surface area (Å²) in [5.41, 5.74) is 3.12. The third kappa shape index (κ3) is 2.11. The minimum atomic E-state index is -0.297. The van der Waals surface area contributed by atoms with E-state index in [2.05, 4.69) is 25.9 Å². The Balaban J connectivity index is 2.39. The van der Waals surface area contributed by atoms with Gasteiger partial charge in [0.1, 0.15) is 5.82 Å². The molecule has 1 aromatic carbocycles. The molecule has 0 unspecified atom stereocenters. The lowest BCUT2D eigenvalue weighted by Gasteiger charge is -2.07. The first-order valence-corrected chi connectivity index (χ1v) is 6.79. The maximum atomic E-state index is 13.4. The number of pyridine rings is 1. The van der Waals surface area contributed by atoms with Gasteiger partial charge in [-0.15, -0.1) is 0 Å². The summed E-state index contributed by atoms with van der Waals surface area (Å²) in [6, 6.07) is 6.51. The van der Waals surface area contributed by atoms with Gasteiger partial charge in [0.25, 0.3) is 0 Å². The fourth-order valence-corrected chi connectivity index (χ4v) is 2.64. The van der Waals surface area contributed by atoms with Crippen molar-refractivity contribution in [3.8, 4) is 5.69 Å². The summed E-state index contributed by atoms with van der Waals surface area (Å²) in [7, 11) is 0. The van der Waals surface area contributed by atoms with Crippen LogP contribution in [0.25, 0.3) is 16.9 Å². The van der Waals surface area contributed by atoms with E-state index in [1.807, 2.05) is 13.0 Å². The maximum Gasteiger partial charge on any atom is 0.184 e. The Morgan fingerprint density at radius 1 is 1.37 bits per heavy atom. The van der Waals surface area contributed by atoms with Crippen molar-refractivity contribution in [2.75, 3.05) is 0 Å². The Morgan fingerprint density at radius 2 is 2.16 bits per heavy atom. The Bertz CT molecular complexity index is 838. The smallest absolute Gasteiger partial charge is 0.184 e. The van der Waals surface area contributed by atoms with Crippen LogP contribution in [0, 0.1) is 17.5 Å². The normalized spacial score (nSPS) is 11.1. The van der Waals surface area contributed by atoms with Crippen LogP contribution in [0.1, 0.15) is 5.56 Å². The molecule has 0 aliphatic rings. The summed E-state index contributed by atoms with van der Waals surface area (Å²) in [6.07, 6.45) is 1.69. The van der Waals surface area contributed by atoms with E-state index in [4.69, 9.17) is 12.2 Å². The van der Waals surface area contributed by atoms with Crippen LogP contribution in [0.15, 0.2) is 34.9 Å². The van der Waals surface area contributed by atoms with E-state index in [1.165, 1.54) is 12.1 Å². The highest BCUT2D eigenvalue weighted by atomic mass is 79.9. The molecule has 0 spiro atoms. The van der Waals surface area contributed by atoms with Gasteiger partial charge in [-0.05, 0) is 58.8 Å². The number of fused-ring (bicyclic) bond motifs is 1. The number of nitrogens with zero attached hydrogens (tertiary/aromatic N) is 2. The summed E-state index contributed by atoms with van der Waals surface area (Å²) in [5.74, 6) is -0.297. The third-order valence-corrected chi connectivity index (χ3v) is 3.62. The second kappa shape index (κ2) is 4.54. The van der Waals surface area contributed by atoms with Crippen molar-refractivity contribution >= 4 is 39.3 Å². The van der Waals surface area contributed by atoms with Crippen molar-refractivity contribution in [1.82, 2.24) is 14.5 Å². The zero-order valence-electron chi connectivity index (χ0n) is 9.95. The molecule has 0 bridgehead atoms. The number of rotatable bonds is 1. The molecule has 6 heteroatoms. The molecule has 96 valence electrons. The first-order valence-electron chi connectivity index (χ1n) is 5.59. The van der Waals surface area contributed by atoms with Gasteiger partial charge in [0.2, 0.25) is 0 Å². The lowest BCUT2D eigenvalue weighted by Crippen LogP contribution is -1.99. The van der Waals surface area contributed by atoms with Crippen molar-refractivity contribution in [3.05, 3.63) is 51.1 Å². The van der Waals surface area contributed by atoms with Gasteiger partial charge in [-0.3, -0.25) is 4.57 Å². The minimum Gasteiger partial charge on any atom is -0.329 e. The van der Waals surface area contributed by atoms with E-state index in [0.29, 0.717) is 16.1 Å². The van der Waals surface area contributed by atoms with E-state index < -0.39 is 0 Å². The molecule has 0 saturated carbocycles. The van der Waals surface area contributed by atoms with E-state index in [1.54, 1.807) is 16.8 Å². The Hall–Kier alpha value is -1.53. The van der Waals surface area contributed by atoms with Crippen LogP contribution in [-0.2, 0) is 0 Å². The topological polar surface area (TPSA) is 33.6 Å². The fraction of sp³-hybridized carbons (Fsp3) is 0.0769. The molecule has 19 heavy (non-hydrogen) atoms. The van der Waals surface area contributed by atoms with Crippen LogP contribution >= 0.6 is 28.1 Å². The zero-order valence-corrected chi connectivity index (χ0v) is 12.3. The van der Waals surface area contributed by atoms with E-state index >= 15 is 0 Å². The van der Waals surface area contributed by atoms with Gasteiger partial charge in [0, 0.05) is 10.7 Å². The highest BCUT2D eigenvalue weighted by molar-refractivity contribution is 9.10. The van der Waals surface area contributed by atoms with E-state index in [9.17, 15) is 4.39 Å². The number of aromatic amines is 1. The first-order chi connectivity index (χ1) is 9.06. The molecule has 0 amide bonds. The molecule has 2 aromatic heterocycles. The van der Waals surface area contributed by atoms with Crippen LogP contribution < -0.4 is 0 Å². The Morgan fingerprint density at radius 3 is 2.95 bits per heavy atom. The monoisotopic (exact) mass is 337 g/mol. The number of hydrogen-bond acceptors (Lipinski definition) is 2. The number of halogens is 2. The van der Waals surface area contributed by atoms with Gasteiger partial charge in [-0.1, -0.05) is 6.07 Å². The molecule has 0 radical (unpaired) electrons. The molecule has 0 aliphatic carbocycles. The average Bonchev–Trinajstić information content (AvgIpc) is 2.67. The van der Waals surface area contributed by atoms with Gasteiger partial charge < -0.3 is 4.98 Å². The molecular formula is C13H9BrFN3S. The largest absolute Gasteiger partial charge is 0.329 e. The second-order valence-corrected chi connectivity index (χ2v) is 5.52. The van der Waals surface area contributed by atoms with Crippen molar-refractivity contribution < 1.29 is 4.39 Å². The number of hydrogen-bond donors (Lipinski definition) is 1. The van der Waals surface area contributed by atoms with Crippen LogP contribution in [-0.4, -0.2) is 14.5 Å². The van der Waals surface area contributed by atoms with Crippen LogP contribution in [0.2, 0.25) is 0 Å². The van der Waals surface area contributed by atoms with Crippen LogP contribution in [0.3, 0.4) is 0 Å². The molecular weight excluding hydrogens is 329 g/mol. The molecule has 0 atom stereocenters. The SMILES string of the molecule is Cc1ccc(F)cc1-n1c(=S)[nH]c2cc(Br)cnc21. The van der Waals surface area contributed by atoms with E-state index in [-0.39, 0.29) is 5.82 Å². The summed E-state index contributed by atoms with van der Waals surface area (Å²) < 4.78 is 16.6. The number of nitrogens with one attached hydrogen (secondary N) is 1. The molecule has 0 aliphatic heterocycles. The van der Waals surface area contributed by atoms with Crippen molar-refractivity contribution in [2.45, 2.75) is 6.92 Å². The number of H-pyrrole nitrogens is 1. The van der Waals surface area contributed by atoms with Crippen molar-refractivity contribution in [2.24, 2.45) is 0 Å². The minimum absolute atomic E-state index is 0.297. The average molecular weight is 338 g/mol. The van der Waals surface area contributed by atoms with Gasteiger partial charge in [-0.2, -0.15) is 0 Å². The predicted molar refractivity (Wildman–Crippen MR) is 78.6 cm³/mol. The number of aryl methyl sites for hydroxylation is 1.